The number of hydrogen-bond donors (Lipinski definition) is 0. The molecule has 0 amide bonds. The topological polar surface area (TPSA) is 55.1 Å². The van der Waals surface area contributed by atoms with Crippen molar-refractivity contribution < 1.29 is 9.47 Å². The maximum Gasteiger partial charge on any atom is 0.161 e. The van der Waals surface area contributed by atoms with Crippen molar-refractivity contribution in [3.8, 4) is 17.6 Å². The summed E-state index contributed by atoms with van der Waals surface area (Å²) in [5, 5.41) is 8.80. The lowest BCUT2D eigenvalue weighted by Gasteiger charge is -2.11. The zero-order valence-corrected chi connectivity index (χ0v) is 11.7. The first kappa shape index (κ1) is 14.2. The van der Waals surface area contributed by atoms with E-state index in [0.29, 0.717) is 29.7 Å². The van der Waals surface area contributed by atoms with Crippen molar-refractivity contribution in [3.05, 3.63) is 53.3 Å². The molecular formula is C15H13ClN2O2. The maximum absolute atomic E-state index is 8.80. The third-order valence-electron chi connectivity index (χ3n) is 2.72. The number of pyridine rings is 1. The lowest BCUT2D eigenvalue weighted by Crippen LogP contribution is -1.99. The molecule has 0 aliphatic heterocycles. The van der Waals surface area contributed by atoms with E-state index >= 15 is 0 Å². The predicted octanol–water partition coefficient (Wildman–Crippen LogP) is 3.28. The summed E-state index contributed by atoms with van der Waals surface area (Å²) in [5.41, 5.74) is 2.21. The Kier molecular flexibility index (Phi) is 4.80. The van der Waals surface area contributed by atoms with Crippen LogP contribution in [0.4, 0.5) is 0 Å². The highest BCUT2D eigenvalue weighted by Gasteiger charge is 2.06. The van der Waals surface area contributed by atoms with Crippen LogP contribution >= 0.6 is 11.6 Å². The Hall–Kier alpha value is -2.25. The summed E-state index contributed by atoms with van der Waals surface area (Å²) in [6.45, 7) is 0.341. The zero-order valence-electron chi connectivity index (χ0n) is 11.0. The molecule has 1 aromatic heterocycles. The molecule has 0 bridgehead atoms. The number of halogens is 1. The molecule has 2 aromatic rings. The van der Waals surface area contributed by atoms with E-state index in [1.165, 1.54) is 0 Å². The summed E-state index contributed by atoms with van der Waals surface area (Å²) >= 11 is 5.78. The van der Waals surface area contributed by atoms with Crippen LogP contribution in [0.15, 0.2) is 36.5 Å². The normalized spacial score (nSPS) is 9.85. The monoisotopic (exact) mass is 288 g/mol. The third kappa shape index (κ3) is 3.40. The fourth-order valence-corrected chi connectivity index (χ4v) is 1.87. The fraction of sp³-hybridized carbons (Fsp3) is 0.200. The number of ether oxygens (including phenoxy) is 2. The van der Waals surface area contributed by atoms with Crippen molar-refractivity contribution in [1.82, 2.24) is 4.98 Å². The van der Waals surface area contributed by atoms with Gasteiger partial charge in [-0.25, -0.2) is 4.98 Å². The van der Waals surface area contributed by atoms with Gasteiger partial charge in [-0.2, -0.15) is 5.26 Å². The molecule has 0 N–H and O–H groups in total. The van der Waals surface area contributed by atoms with Gasteiger partial charge in [-0.05, 0) is 35.4 Å². The standard InChI is InChI=1S/C15H13ClN2O2/c1-19-15-7-11(8-16)2-3-14(15)20-10-12-4-5-18-13(6-12)9-17/h2-7H,8,10H2,1H3. The predicted molar refractivity (Wildman–Crippen MR) is 75.8 cm³/mol. The molecule has 5 heteroatoms. The van der Waals surface area contributed by atoms with Crippen molar-refractivity contribution in [1.29, 1.82) is 5.26 Å². The van der Waals surface area contributed by atoms with E-state index in [1.807, 2.05) is 24.3 Å². The fourth-order valence-electron chi connectivity index (χ4n) is 1.70. The number of nitrogens with zero attached hydrogens (tertiary/aromatic N) is 2. The highest BCUT2D eigenvalue weighted by atomic mass is 35.5. The smallest absolute Gasteiger partial charge is 0.161 e. The quantitative estimate of drug-likeness (QED) is 0.792. The molecule has 20 heavy (non-hydrogen) atoms. The van der Waals surface area contributed by atoms with Gasteiger partial charge in [0.1, 0.15) is 18.4 Å². The largest absolute Gasteiger partial charge is 0.493 e. The van der Waals surface area contributed by atoms with Crippen LogP contribution in [-0.2, 0) is 12.5 Å². The average Bonchev–Trinajstić information content (AvgIpc) is 2.52. The molecule has 0 saturated carbocycles. The highest BCUT2D eigenvalue weighted by Crippen LogP contribution is 2.29. The maximum atomic E-state index is 8.80. The van der Waals surface area contributed by atoms with E-state index in [9.17, 15) is 0 Å². The molecule has 0 aliphatic rings. The number of alkyl halides is 1. The Labute approximate surface area is 122 Å². The summed E-state index contributed by atoms with van der Waals surface area (Å²) in [7, 11) is 1.58. The Morgan fingerprint density at radius 3 is 2.75 bits per heavy atom. The SMILES string of the molecule is COc1cc(CCl)ccc1OCc1ccnc(C#N)c1. The van der Waals surface area contributed by atoms with Gasteiger partial charge in [0, 0.05) is 12.1 Å². The number of benzene rings is 1. The van der Waals surface area contributed by atoms with Gasteiger partial charge in [-0.1, -0.05) is 6.07 Å². The molecule has 2 rings (SSSR count). The zero-order chi connectivity index (χ0) is 14.4. The van der Waals surface area contributed by atoms with Crippen molar-refractivity contribution in [2.24, 2.45) is 0 Å². The van der Waals surface area contributed by atoms with Crippen LogP contribution in [0.3, 0.4) is 0 Å². The van der Waals surface area contributed by atoms with Crippen molar-refractivity contribution in [3.63, 3.8) is 0 Å². The van der Waals surface area contributed by atoms with Gasteiger partial charge in [0.15, 0.2) is 11.5 Å². The molecule has 1 heterocycles. The molecule has 4 nitrogen and oxygen atoms in total. The van der Waals surface area contributed by atoms with E-state index in [0.717, 1.165) is 11.1 Å². The average molecular weight is 289 g/mol. The lowest BCUT2D eigenvalue weighted by atomic mass is 10.2. The summed E-state index contributed by atoms with van der Waals surface area (Å²) in [4.78, 5) is 3.91. The van der Waals surface area contributed by atoms with Gasteiger partial charge >= 0.3 is 0 Å². The number of nitriles is 1. The van der Waals surface area contributed by atoms with Gasteiger partial charge in [-0.3, -0.25) is 0 Å². The Morgan fingerprint density at radius 2 is 2.05 bits per heavy atom. The van der Waals surface area contributed by atoms with E-state index in [1.54, 1.807) is 25.4 Å². The first-order chi connectivity index (χ1) is 9.76. The van der Waals surface area contributed by atoms with Gasteiger partial charge < -0.3 is 9.47 Å². The second-order valence-electron chi connectivity index (χ2n) is 4.07. The second kappa shape index (κ2) is 6.78. The summed E-state index contributed by atoms with van der Waals surface area (Å²) in [6.07, 6.45) is 1.59. The minimum absolute atomic E-state index is 0.341. The summed E-state index contributed by atoms with van der Waals surface area (Å²) in [6, 6.07) is 11.0. The van der Waals surface area contributed by atoms with Gasteiger partial charge in [0.25, 0.3) is 0 Å². The number of methoxy groups -OCH3 is 1. The molecule has 1 aromatic carbocycles. The molecule has 0 atom stereocenters. The van der Waals surface area contributed by atoms with Gasteiger partial charge in [-0.15, -0.1) is 11.6 Å². The van der Waals surface area contributed by atoms with Crippen LogP contribution in [0, 0.1) is 11.3 Å². The first-order valence-electron chi connectivity index (χ1n) is 5.97. The second-order valence-corrected chi connectivity index (χ2v) is 4.34. The Morgan fingerprint density at radius 1 is 1.20 bits per heavy atom. The van der Waals surface area contributed by atoms with Crippen molar-refractivity contribution in [2.45, 2.75) is 12.5 Å². The van der Waals surface area contributed by atoms with Crippen molar-refractivity contribution >= 4 is 11.6 Å². The van der Waals surface area contributed by atoms with E-state index < -0.39 is 0 Å². The van der Waals surface area contributed by atoms with Crippen LogP contribution in [-0.4, -0.2) is 12.1 Å². The van der Waals surface area contributed by atoms with Crippen LogP contribution in [0.2, 0.25) is 0 Å². The van der Waals surface area contributed by atoms with Crippen LogP contribution in [0.25, 0.3) is 0 Å². The molecule has 0 aliphatic carbocycles. The first-order valence-corrected chi connectivity index (χ1v) is 6.51. The van der Waals surface area contributed by atoms with E-state index in [-0.39, 0.29) is 0 Å². The molecular weight excluding hydrogens is 276 g/mol. The minimum Gasteiger partial charge on any atom is -0.493 e. The van der Waals surface area contributed by atoms with Crippen LogP contribution in [0.5, 0.6) is 11.5 Å². The third-order valence-corrected chi connectivity index (χ3v) is 3.02. The summed E-state index contributed by atoms with van der Waals surface area (Å²) in [5.74, 6) is 1.70. The number of aromatic nitrogens is 1. The van der Waals surface area contributed by atoms with Crippen LogP contribution < -0.4 is 9.47 Å². The highest BCUT2D eigenvalue weighted by molar-refractivity contribution is 6.17. The number of rotatable bonds is 5. The lowest BCUT2D eigenvalue weighted by molar-refractivity contribution is 0.284. The Bertz CT molecular complexity index is 638. The minimum atomic E-state index is 0.341. The van der Waals surface area contributed by atoms with Crippen molar-refractivity contribution in [2.75, 3.05) is 7.11 Å². The van der Waals surface area contributed by atoms with Crippen LogP contribution in [0.1, 0.15) is 16.8 Å². The molecule has 102 valence electrons. The summed E-state index contributed by atoms with van der Waals surface area (Å²) < 4.78 is 11.0. The molecule has 0 radical (unpaired) electrons. The molecule has 0 saturated heterocycles. The van der Waals surface area contributed by atoms with Gasteiger partial charge in [0.2, 0.25) is 0 Å². The Balaban J connectivity index is 2.12. The van der Waals surface area contributed by atoms with Gasteiger partial charge in [0.05, 0.1) is 7.11 Å². The molecule has 0 unspecified atom stereocenters. The van der Waals surface area contributed by atoms with E-state index in [4.69, 9.17) is 26.3 Å². The molecule has 0 spiro atoms. The van der Waals surface area contributed by atoms with E-state index in [2.05, 4.69) is 4.98 Å². The molecule has 0 fully saturated rings. The number of hydrogen-bond acceptors (Lipinski definition) is 4.